The minimum absolute atomic E-state index is 0.0244. The SMILES string of the molecule is CSCCC(C(=O)O)N1C(=O)C(=Cc2ccc(-c3ccc([N+](=O)[O-])cc3)o2)SC1=S. The van der Waals surface area contributed by atoms with E-state index in [4.69, 9.17) is 16.6 Å². The zero-order valence-corrected chi connectivity index (χ0v) is 18.1. The van der Waals surface area contributed by atoms with Gasteiger partial charge >= 0.3 is 5.97 Å². The van der Waals surface area contributed by atoms with E-state index in [0.29, 0.717) is 29.3 Å². The van der Waals surface area contributed by atoms with Crippen molar-refractivity contribution in [3.05, 3.63) is 57.2 Å². The first-order valence-corrected chi connectivity index (χ1v) is 11.3. The normalized spacial score (nSPS) is 16.3. The number of thiocarbonyl (C=S) groups is 1. The first kappa shape index (κ1) is 22.1. The average Bonchev–Trinajstić information content (AvgIpc) is 3.28. The summed E-state index contributed by atoms with van der Waals surface area (Å²) < 4.78 is 5.93. The van der Waals surface area contributed by atoms with Gasteiger partial charge in [-0.1, -0.05) is 24.0 Å². The van der Waals surface area contributed by atoms with Gasteiger partial charge in [0.1, 0.15) is 21.9 Å². The van der Waals surface area contributed by atoms with Gasteiger partial charge in [-0.15, -0.1) is 0 Å². The number of benzene rings is 1. The number of carboxylic acids is 1. The number of nitrogens with zero attached hydrogens (tertiary/aromatic N) is 2. The summed E-state index contributed by atoms with van der Waals surface area (Å²) in [5.74, 6) is -0.106. The molecule has 1 N–H and O–H groups in total. The number of amides is 1. The van der Waals surface area contributed by atoms with Crippen LogP contribution in [-0.4, -0.2) is 49.2 Å². The molecule has 1 aliphatic heterocycles. The molecule has 8 nitrogen and oxygen atoms in total. The average molecular weight is 465 g/mol. The van der Waals surface area contributed by atoms with Gasteiger partial charge < -0.3 is 9.52 Å². The lowest BCUT2D eigenvalue weighted by molar-refractivity contribution is -0.384. The summed E-state index contributed by atoms with van der Waals surface area (Å²) in [6.07, 6.45) is 3.67. The van der Waals surface area contributed by atoms with E-state index in [1.54, 1.807) is 24.3 Å². The summed E-state index contributed by atoms with van der Waals surface area (Å²) in [7, 11) is 0. The fraction of sp³-hybridized carbons (Fsp3) is 0.211. The van der Waals surface area contributed by atoms with Gasteiger partial charge in [-0.2, -0.15) is 11.8 Å². The summed E-state index contributed by atoms with van der Waals surface area (Å²) in [4.78, 5) is 36.1. The molecule has 156 valence electrons. The molecule has 1 saturated heterocycles. The van der Waals surface area contributed by atoms with E-state index in [9.17, 15) is 24.8 Å². The van der Waals surface area contributed by atoms with Gasteiger partial charge in [0.2, 0.25) is 0 Å². The highest BCUT2D eigenvalue weighted by atomic mass is 32.2. The summed E-state index contributed by atoms with van der Waals surface area (Å²) in [5, 5.41) is 20.3. The summed E-state index contributed by atoms with van der Waals surface area (Å²) >= 11 is 7.77. The number of non-ortho nitro benzene ring substituents is 1. The van der Waals surface area contributed by atoms with Crippen LogP contribution in [0.25, 0.3) is 17.4 Å². The van der Waals surface area contributed by atoms with Crippen molar-refractivity contribution in [2.75, 3.05) is 12.0 Å². The summed E-state index contributed by atoms with van der Waals surface area (Å²) in [6, 6.07) is 8.24. The molecule has 0 radical (unpaired) electrons. The molecule has 3 rings (SSSR count). The molecule has 0 bridgehead atoms. The standard InChI is InChI=1S/C19H16N2O6S3/c1-29-9-8-14(18(23)24)20-17(22)16(30-19(20)28)10-13-6-7-15(27-13)11-2-4-12(5-3-11)21(25)26/h2-7,10,14H,8-9H2,1H3,(H,23,24). The molecule has 0 spiro atoms. The minimum atomic E-state index is -1.10. The maximum atomic E-state index is 12.8. The topological polar surface area (TPSA) is 114 Å². The number of carboxylic acid groups (broad SMARTS) is 1. The molecule has 0 aliphatic carbocycles. The predicted molar refractivity (Wildman–Crippen MR) is 120 cm³/mol. The van der Waals surface area contributed by atoms with Crippen molar-refractivity contribution >= 4 is 63.7 Å². The first-order chi connectivity index (χ1) is 14.3. The van der Waals surface area contributed by atoms with Crippen LogP contribution in [0.1, 0.15) is 12.2 Å². The fourth-order valence-corrected chi connectivity index (χ4v) is 4.60. The Balaban J connectivity index is 1.80. The lowest BCUT2D eigenvalue weighted by Gasteiger charge is -2.22. The van der Waals surface area contributed by atoms with E-state index >= 15 is 0 Å². The number of furan rings is 1. The van der Waals surface area contributed by atoms with E-state index < -0.39 is 22.8 Å². The third-order valence-electron chi connectivity index (χ3n) is 4.28. The van der Waals surface area contributed by atoms with Crippen molar-refractivity contribution < 1.29 is 24.0 Å². The Labute approximate surface area is 185 Å². The predicted octanol–water partition coefficient (Wildman–Crippen LogP) is 4.26. The summed E-state index contributed by atoms with van der Waals surface area (Å²) in [5.41, 5.74) is 0.625. The number of carbonyl (C=O) groups is 2. The molecule has 0 saturated carbocycles. The van der Waals surface area contributed by atoms with Crippen molar-refractivity contribution in [2.45, 2.75) is 12.5 Å². The van der Waals surface area contributed by atoms with Gasteiger partial charge in [0.25, 0.3) is 11.6 Å². The zero-order valence-electron chi connectivity index (χ0n) is 15.6. The van der Waals surface area contributed by atoms with Crippen LogP contribution in [0.5, 0.6) is 0 Å². The maximum absolute atomic E-state index is 12.8. The lowest BCUT2D eigenvalue weighted by Crippen LogP contribution is -2.44. The van der Waals surface area contributed by atoms with Crippen molar-refractivity contribution in [1.29, 1.82) is 0 Å². The quantitative estimate of drug-likeness (QED) is 0.265. The van der Waals surface area contributed by atoms with Crippen LogP contribution in [0.15, 0.2) is 45.7 Å². The smallest absolute Gasteiger partial charge is 0.326 e. The van der Waals surface area contributed by atoms with Gasteiger partial charge in [-0.25, -0.2) is 4.79 Å². The van der Waals surface area contributed by atoms with E-state index in [2.05, 4.69) is 0 Å². The Bertz CT molecular complexity index is 1030. The third-order valence-corrected chi connectivity index (χ3v) is 6.25. The Hall–Kier alpha value is -2.63. The largest absolute Gasteiger partial charge is 0.480 e. The van der Waals surface area contributed by atoms with E-state index in [1.165, 1.54) is 30.0 Å². The van der Waals surface area contributed by atoms with Crippen LogP contribution >= 0.6 is 35.7 Å². The van der Waals surface area contributed by atoms with Gasteiger partial charge in [-0.05, 0) is 42.7 Å². The van der Waals surface area contributed by atoms with Gasteiger partial charge in [0.05, 0.1) is 9.83 Å². The maximum Gasteiger partial charge on any atom is 0.326 e. The molecule has 2 aromatic rings. The van der Waals surface area contributed by atoms with E-state index in [-0.39, 0.29) is 14.9 Å². The number of carbonyl (C=O) groups excluding carboxylic acids is 1. The van der Waals surface area contributed by atoms with Crippen molar-refractivity contribution in [3.8, 4) is 11.3 Å². The van der Waals surface area contributed by atoms with Crippen LogP contribution in [0, 0.1) is 10.1 Å². The van der Waals surface area contributed by atoms with Crippen molar-refractivity contribution in [1.82, 2.24) is 4.90 Å². The molecular formula is C19H16N2O6S3. The molecule has 30 heavy (non-hydrogen) atoms. The van der Waals surface area contributed by atoms with Crippen LogP contribution < -0.4 is 0 Å². The number of rotatable bonds is 8. The molecule has 2 heterocycles. The van der Waals surface area contributed by atoms with Crippen LogP contribution in [-0.2, 0) is 9.59 Å². The highest BCUT2D eigenvalue weighted by Gasteiger charge is 2.40. The lowest BCUT2D eigenvalue weighted by atomic mass is 10.1. The Morgan fingerprint density at radius 3 is 2.67 bits per heavy atom. The van der Waals surface area contributed by atoms with E-state index in [1.807, 2.05) is 6.26 Å². The highest BCUT2D eigenvalue weighted by molar-refractivity contribution is 8.26. The molecule has 1 aromatic carbocycles. The fourth-order valence-electron chi connectivity index (χ4n) is 2.80. The molecule has 1 aliphatic rings. The molecule has 1 atom stereocenters. The molecule has 1 amide bonds. The second-order valence-corrected chi connectivity index (χ2v) is 8.85. The number of hydrogen-bond donors (Lipinski definition) is 1. The summed E-state index contributed by atoms with van der Waals surface area (Å²) in [6.45, 7) is 0. The number of nitro benzene ring substituents is 1. The van der Waals surface area contributed by atoms with Crippen LogP contribution in [0.2, 0.25) is 0 Å². The second-order valence-electron chi connectivity index (χ2n) is 6.19. The van der Waals surface area contributed by atoms with E-state index in [0.717, 1.165) is 16.7 Å². The number of aliphatic carboxylic acids is 1. The number of nitro groups is 1. The second kappa shape index (κ2) is 9.45. The molecule has 1 fully saturated rings. The van der Waals surface area contributed by atoms with Crippen molar-refractivity contribution in [2.24, 2.45) is 0 Å². The Morgan fingerprint density at radius 2 is 2.07 bits per heavy atom. The molecule has 11 heteroatoms. The first-order valence-electron chi connectivity index (χ1n) is 8.65. The highest BCUT2D eigenvalue weighted by Crippen LogP contribution is 2.35. The monoisotopic (exact) mass is 464 g/mol. The number of thioether (sulfide) groups is 2. The van der Waals surface area contributed by atoms with Crippen LogP contribution in [0.3, 0.4) is 0 Å². The van der Waals surface area contributed by atoms with Gasteiger partial charge in [0, 0.05) is 23.8 Å². The van der Waals surface area contributed by atoms with Crippen LogP contribution in [0.4, 0.5) is 5.69 Å². The van der Waals surface area contributed by atoms with Gasteiger partial charge in [0.15, 0.2) is 0 Å². The number of hydrogen-bond acceptors (Lipinski definition) is 8. The Kier molecular flexibility index (Phi) is 6.95. The van der Waals surface area contributed by atoms with Gasteiger partial charge in [-0.3, -0.25) is 19.8 Å². The molecular weight excluding hydrogens is 448 g/mol. The third kappa shape index (κ3) is 4.74. The zero-order chi connectivity index (χ0) is 21.8. The molecule has 1 unspecified atom stereocenters. The molecule has 1 aromatic heterocycles. The minimum Gasteiger partial charge on any atom is -0.480 e. The van der Waals surface area contributed by atoms with Crippen molar-refractivity contribution in [3.63, 3.8) is 0 Å². The Morgan fingerprint density at radius 1 is 1.37 bits per heavy atom.